The molecule has 148 valence electrons. The lowest BCUT2D eigenvalue weighted by Crippen LogP contribution is -2.42. The van der Waals surface area contributed by atoms with E-state index in [1.807, 2.05) is 12.1 Å². The Morgan fingerprint density at radius 3 is 1.97 bits per heavy atom. The van der Waals surface area contributed by atoms with Gasteiger partial charge in [-0.25, -0.2) is 4.79 Å². The van der Waals surface area contributed by atoms with Gasteiger partial charge in [-0.2, -0.15) is 5.26 Å². The largest absolute Gasteiger partial charge is 0.480 e. The molecule has 1 amide bonds. The van der Waals surface area contributed by atoms with Gasteiger partial charge in [0.1, 0.15) is 6.04 Å². The average Bonchev–Trinajstić information content (AvgIpc) is 2.79. The van der Waals surface area contributed by atoms with Crippen LogP contribution in [0.25, 0.3) is 0 Å². The van der Waals surface area contributed by atoms with Crippen LogP contribution in [0.4, 0.5) is 0 Å². The second-order valence-corrected chi connectivity index (χ2v) is 6.65. The minimum absolute atomic E-state index is 0.0666. The SMILES string of the molecule is N#Cc1ccc(C(=O)N[C@@H](Cc2ccc(C(=O)c3ccccc3)cc2)C(=O)O)cc1. The zero-order valence-corrected chi connectivity index (χ0v) is 15.9. The molecule has 0 radical (unpaired) electrons. The minimum Gasteiger partial charge on any atom is -0.480 e. The Morgan fingerprint density at radius 2 is 1.40 bits per heavy atom. The Hall–Kier alpha value is -4.24. The van der Waals surface area contributed by atoms with Gasteiger partial charge in [-0.3, -0.25) is 9.59 Å². The van der Waals surface area contributed by atoms with E-state index in [0.717, 1.165) is 0 Å². The van der Waals surface area contributed by atoms with Crippen molar-refractivity contribution in [1.82, 2.24) is 5.32 Å². The molecule has 0 saturated carbocycles. The fraction of sp³-hybridized carbons (Fsp3) is 0.0833. The Labute approximate surface area is 173 Å². The molecule has 0 aliphatic rings. The highest BCUT2D eigenvalue weighted by atomic mass is 16.4. The lowest BCUT2D eigenvalue weighted by Gasteiger charge is -2.15. The number of carboxylic acid groups (broad SMARTS) is 1. The lowest BCUT2D eigenvalue weighted by atomic mass is 9.99. The fourth-order valence-corrected chi connectivity index (χ4v) is 2.92. The summed E-state index contributed by atoms with van der Waals surface area (Å²) >= 11 is 0. The zero-order valence-electron chi connectivity index (χ0n) is 15.9. The molecule has 0 saturated heterocycles. The van der Waals surface area contributed by atoms with Gasteiger partial charge in [-0.1, -0.05) is 54.6 Å². The molecule has 0 aliphatic carbocycles. The molecule has 0 aromatic heterocycles. The number of hydrogen-bond donors (Lipinski definition) is 2. The van der Waals surface area contributed by atoms with Gasteiger partial charge in [-0.15, -0.1) is 0 Å². The Bertz CT molecular complexity index is 1100. The van der Waals surface area contributed by atoms with Crippen LogP contribution in [-0.2, 0) is 11.2 Å². The summed E-state index contributed by atoms with van der Waals surface area (Å²) in [7, 11) is 0. The van der Waals surface area contributed by atoms with Crippen LogP contribution < -0.4 is 5.32 Å². The highest BCUT2D eigenvalue weighted by Crippen LogP contribution is 2.13. The summed E-state index contributed by atoms with van der Waals surface area (Å²) in [5, 5.41) is 20.8. The number of aliphatic carboxylic acids is 1. The van der Waals surface area contributed by atoms with Gasteiger partial charge in [0.25, 0.3) is 5.91 Å². The van der Waals surface area contributed by atoms with Crippen molar-refractivity contribution in [3.63, 3.8) is 0 Å². The third kappa shape index (κ3) is 4.97. The van der Waals surface area contributed by atoms with E-state index in [1.165, 1.54) is 24.3 Å². The van der Waals surface area contributed by atoms with Crippen LogP contribution >= 0.6 is 0 Å². The topological polar surface area (TPSA) is 107 Å². The van der Waals surface area contributed by atoms with E-state index < -0.39 is 17.9 Å². The smallest absolute Gasteiger partial charge is 0.326 e. The second kappa shape index (κ2) is 9.30. The van der Waals surface area contributed by atoms with E-state index in [0.29, 0.717) is 22.3 Å². The van der Waals surface area contributed by atoms with E-state index in [4.69, 9.17) is 5.26 Å². The normalized spacial score (nSPS) is 11.2. The number of hydrogen-bond acceptors (Lipinski definition) is 4. The zero-order chi connectivity index (χ0) is 21.5. The molecule has 0 spiro atoms. The van der Waals surface area contributed by atoms with E-state index in [1.54, 1.807) is 48.5 Å². The maximum Gasteiger partial charge on any atom is 0.326 e. The van der Waals surface area contributed by atoms with Crippen LogP contribution in [0.2, 0.25) is 0 Å². The van der Waals surface area contributed by atoms with Gasteiger partial charge >= 0.3 is 5.97 Å². The van der Waals surface area contributed by atoms with Crippen molar-refractivity contribution in [1.29, 1.82) is 5.26 Å². The number of ketones is 1. The first-order valence-corrected chi connectivity index (χ1v) is 9.20. The van der Waals surface area contributed by atoms with E-state index >= 15 is 0 Å². The maximum absolute atomic E-state index is 12.5. The van der Waals surface area contributed by atoms with Crippen molar-refractivity contribution in [2.24, 2.45) is 0 Å². The van der Waals surface area contributed by atoms with Crippen LogP contribution in [0.15, 0.2) is 78.9 Å². The summed E-state index contributed by atoms with van der Waals surface area (Å²) in [6.45, 7) is 0. The third-order valence-electron chi connectivity index (χ3n) is 4.57. The number of benzene rings is 3. The molecule has 3 aromatic carbocycles. The number of nitrogens with one attached hydrogen (secondary N) is 1. The molecule has 1 atom stereocenters. The van der Waals surface area contributed by atoms with Crippen LogP contribution in [0.5, 0.6) is 0 Å². The molecular weight excluding hydrogens is 380 g/mol. The first-order chi connectivity index (χ1) is 14.5. The van der Waals surface area contributed by atoms with Gasteiger partial charge in [0.15, 0.2) is 5.78 Å². The minimum atomic E-state index is -1.17. The fourth-order valence-electron chi connectivity index (χ4n) is 2.92. The molecule has 0 unspecified atom stereocenters. The van der Waals surface area contributed by atoms with Crippen molar-refractivity contribution in [3.8, 4) is 6.07 Å². The Balaban J connectivity index is 1.69. The summed E-state index contributed by atoms with van der Waals surface area (Å²) in [5.41, 5.74) is 2.42. The summed E-state index contributed by atoms with van der Waals surface area (Å²) in [4.78, 5) is 36.4. The predicted molar refractivity (Wildman–Crippen MR) is 110 cm³/mol. The first kappa shape index (κ1) is 20.5. The third-order valence-corrected chi connectivity index (χ3v) is 4.57. The van der Waals surface area contributed by atoms with Crippen LogP contribution in [0, 0.1) is 11.3 Å². The first-order valence-electron chi connectivity index (χ1n) is 9.20. The summed E-state index contributed by atoms with van der Waals surface area (Å²) < 4.78 is 0. The molecule has 0 heterocycles. The molecule has 0 bridgehead atoms. The molecule has 30 heavy (non-hydrogen) atoms. The van der Waals surface area contributed by atoms with Crippen LogP contribution in [-0.4, -0.2) is 28.8 Å². The van der Waals surface area contributed by atoms with Crippen molar-refractivity contribution in [3.05, 3.63) is 107 Å². The van der Waals surface area contributed by atoms with E-state index in [2.05, 4.69) is 5.32 Å². The van der Waals surface area contributed by atoms with Crippen LogP contribution in [0.1, 0.15) is 37.4 Å². The molecule has 0 fully saturated rings. The average molecular weight is 398 g/mol. The standard InChI is InChI=1S/C24H18N2O4/c25-15-17-8-12-20(13-9-17)23(28)26-21(24(29)30)14-16-6-10-19(11-7-16)22(27)18-4-2-1-3-5-18/h1-13,21H,14H2,(H,26,28)(H,29,30)/t21-/m0/s1. The highest BCUT2D eigenvalue weighted by molar-refractivity contribution is 6.08. The molecule has 3 aromatic rings. The Kier molecular flexibility index (Phi) is 6.36. The van der Waals surface area contributed by atoms with E-state index in [9.17, 15) is 19.5 Å². The number of nitrogens with zero attached hydrogens (tertiary/aromatic N) is 1. The van der Waals surface area contributed by atoms with E-state index in [-0.39, 0.29) is 17.8 Å². The molecule has 6 heteroatoms. The number of carboxylic acids is 1. The summed E-state index contributed by atoms with van der Waals surface area (Å²) in [6.07, 6.45) is 0.0666. The number of nitriles is 1. The summed E-state index contributed by atoms with van der Waals surface area (Å²) in [5.74, 6) is -1.82. The van der Waals surface area contributed by atoms with Crippen molar-refractivity contribution >= 4 is 17.7 Å². The molecule has 0 aliphatic heterocycles. The van der Waals surface area contributed by atoms with Gasteiger partial charge in [0, 0.05) is 23.1 Å². The monoisotopic (exact) mass is 398 g/mol. The maximum atomic E-state index is 12.5. The molecular formula is C24H18N2O4. The molecule has 6 nitrogen and oxygen atoms in total. The number of carbonyl (C=O) groups excluding carboxylic acids is 2. The van der Waals surface area contributed by atoms with Crippen LogP contribution in [0.3, 0.4) is 0 Å². The summed E-state index contributed by atoms with van der Waals surface area (Å²) in [6, 6.07) is 22.3. The number of carbonyl (C=O) groups is 3. The van der Waals surface area contributed by atoms with Crippen molar-refractivity contribution in [2.45, 2.75) is 12.5 Å². The van der Waals surface area contributed by atoms with Crippen molar-refractivity contribution < 1.29 is 19.5 Å². The quantitative estimate of drug-likeness (QED) is 0.594. The van der Waals surface area contributed by atoms with Gasteiger partial charge in [-0.05, 0) is 29.8 Å². The van der Waals surface area contributed by atoms with Crippen molar-refractivity contribution in [2.75, 3.05) is 0 Å². The number of amides is 1. The van der Waals surface area contributed by atoms with Gasteiger partial charge in [0.05, 0.1) is 11.6 Å². The lowest BCUT2D eigenvalue weighted by molar-refractivity contribution is -0.139. The molecule has 3 rings (SSSR count). The number of rotatable bonds is 7. The van der Waals surface area contributed by atoms with Gasteiger partial charge in [0.2, 0.25) is 0 Å². The Morgan fingerprint density at radius 1 is 0.833 bits per heavy atom. The second-order valence-electron chi connectivity index (χ2n) is 6.65. The molecule has 2 N–H and O–H groups in total. The predicted octanol–water partition coefficient (Wildman–Crippen LogP) is 3.21. The van der Waals surface area contributed by atoms with Gasteiger partial charge < -0.3 is 10.4 Å². The highest BCUT2D eigenvalue weighted by Gasteiger charge is 2.21.